The zero-order valence-electron chi connectivity index (χ0n) is 14.9. The van der Waals surface area contributed by atoms with Gasteiger partial charge in [0.1, 0.15) is 13.2 Å². The summed E-state index contributed by atoms with van der Waals surface area (Å²) in [6.07, 6.45) is 3.98. The predicted octanol–water partition coefficient (Wildman–Crippen LogP) is 3.81. The van der Waals surface area contributed by atoms with Crippen molar-refractivity contribution < 1.29 is 14.3 Å². The summed E-state index contributed by atoms with van der Waals surface area (Å²) in [5, 5.41) is 1.09. The molecule has 3 aromatic rings. The standard InChI is InChI=1S/C22H20N2O3/c25-22(17-5-8-20-21(12-17)27-10-9-26-20)24(18-6-7-18)14-15-11-16-3-1-2-4-19(16)23-13-15/h1-5,8,11-13,18H,6-7,9-10,14H2. The Morgan fingerprint density at radius 2 is 1.85 bits per heavy atom. The van der Waals surface area contributed by atoms with Gasteiger partial charge in [0.15, 0.2) is 11.5 Å². The molecule has 5 nitrogen and oxygen atoms in total. The molecule has 2 aliphatic rings. The molecule has 0 saturated heterocycles. The Hall–Kier alpha value is -3.08. The summed E-state index contributed by atoms with van der Waals surface area (Å²) in [6.45, 7) is 1.62. The summed E-state index contributed by atoms with van der Waals surface area (Å²) in [5.41, 5.74) is 2.66. The van der Waals surface area contributed by atoms with E-state index in [4.69, 9.17) is 9.47 Å². The van der Waals surface area contributed by atoms with Crippen LogP contribution in [-0.2, 0) is 6.54 Å². The van der Waals surface area contributed by atoms with Crippen LogP contribution in [0.15, 0.2) is 54.7 Å². The highest BCUT2D eigenvalue weighted by Crippen LogP contribution is 2.34. The average Bonchev–Trinajstić information content (AvgIpc) is 3.56. The van der Waals surface area contributed by atoms with Crippen molar-refractivity contribution in [1.82, 2.24) is 9.88 Å². The van der Waals surface area contributed by atoms with Gasteiger partial charge < -0.3 is 14.4 Å². The van der Waals surface area contributed by atoms with E-state index in [0.717, 1.165) is 29.3 Å². The first-order valence-electron chi connectivity index (χ1n) is 9.32. The topological polar surface area (TPSA) is 51.7 Å². The van der Waals surface area contributed by atoms with Crippen LogP contribution < -0.4 is 9.47 Å². The number of carbonyl (C=O) groups is 1. The van der Waals surface area contributed by atoms with Gasteiger partial charge in [-0.3, -0.25) is 9.78 Å². The van der Waals surface area contributed by atoms with E-state index in [2.05, 4.69) is 17.1 Å². The van der Waals surface area contributed by atoms with Crippen molar-refractivity contribution in [2.75, 3.05) is 13.2 Å². The van der Waals surface area contributed by atoms with Crippen LogP contribution in [0.5, 0.6) is 11.5 Å². The number of pyridine rings is 1. The zero-order valence-corrected chi connectivity index (χ0v) is 14.9. The number of benzene rings is 2. The van der Waals surface area contributed by atoms with Crippen LogP contribution in [0, 0.1) is 0 Å². The van der Waals surface area contributed by atoms with Crippen molar-refractivity contribution in [2.24, 2.45) is 0 Å². The maximum Gasteiger partial charge on any atom is 0.254 e. The van der Waals surface area contributed by atoms with Gasteiger partial charge in [0, 0.05) is 29.7 Å². The fourth-order valence-electron chi connectivity index (χ4n) is 3.49. The molecule has 5 rings (SSSR count). The lowest BCUT2D eigenvalue weighted by Crippen LogP contribution is -2.32. The van der Waals surface area contributed by atoms with E-state index in [1.807, 2.05) is 41.4 Å². The largest absolute Gasteiger partial charge is 0.486 e. The first kappa shape index (κ1) is 16.1. The van der Waals surface area contributed by atoms with Gasteiger partial charge in [-0.15, -0.1) is 0 Å². The molecular formula is C22H20N2O3. The van der Waals surface area contributed by atoms with E-state index in [0.29, 0.717) is 42.9 Å². The maximum atomic E-state index is 13.2. The lowest BCUT2D eigenvalue weighted by atomic mass is 10.1. The number of hydrogen-bond donors (Lipinski definition) is 0. The summed E-state index contributed by atoms with van der Waals surface area (Å²) in [6, 6.07) is 15.9. The van der Waals surface area contributed by atoms with Crippen LogP contribution in [0.4, 0.5) is 0 Å². The number of nitrogens with zero attached hydrogens (tertiary/aromatic N) is 2. The number of hydrogen-bond acceptors (Lipinski definition) is 4. The summed E-state index contributed by atoms with van der Waals surface area (Å²) in [4.78, 5) is 19.7. The maximum absolute atomic E-state index is 13.2. The van der Waals surface area contributed by atoms with Gasteiger partial charge >= 0.3 is 0 Å². The van der Waals surface area contributed by atoms with Gasteiger partial charge in [0.2, 0.25) is 0 Å². The van der Waals surface area contributed by atoms with Gasteiger partial charge in [0.05, 0.1) is 5.52 Å². The van der Waals surface area contributed by atoms with Crippen molar-refractivity contribution >= 4 is 16.8 Å². The summed E-state index contributed by atoms with van der Waals surface area (Å²) < 4.78 is 11.2. The Morgan fingerprint density at radius 1 is 1.04 bits per heavy atom. The van der Waals surface area contributed by atoms with E-state index in [9.17, 15) is 4.79 Å². The highest BCUT2D eigenvalue weighted by molar-refractivity contribution is 5.95. The lowest BCUT2D eigenvalue weighted by Gasteiger charge is -2.24. The fourth-order valence-corrected chi connectivity index (χ4v) is 3.49. The van der Waals surface area contributed by atoms with Crippen molar-refractivity contribution in [3.63, 3.8) is 0 Å². The quantitative estimate of drug-likeness (QED) is 0.710. The van der Waals surface area contributed by atoms with Gasteiger partial charge in [-0.1, -0.05) is 18.2 Å². The van der Waals surface area contributed by atoms with Gasteiger partial charge in [-0.2, -0.15) is 0 Å². The Balaban J connectivity index is 1.42. The highest BCUT2D eigenvalue weighted by atomic mass is 16.6. The molecule has 1 amide bonds. The van der Waals surface area contributed by atoms with E-state index in [1.165, 1.54) is 0 Å². The number of ether oxygens (including phenoxy) is 2. The molecule has 1 saturated carbocycles. The van der Waals surface area contributed by atoms with Crippen LogP contribution in [0.3, 0.4) is 0 Å². The molecule has 2 aromatic carbocycles. The number of rotatable bonds is 4. The van der Waals surface area contributed by atoms with E-state index >= 15 is 0 Å². The Labute approximate surface area is 157 Å². The highest BCUT2D eigenvalue weighted by Gasteiger charge is 2.33. The molecule has 0 spiro atoms. The third kappa shape index (κ3) is 3.21. The minimum Gasteiger partial charge on any atom is -0.486 e. The second-order valence-corrected chi connectivity index (χ2v) is 7.06. The molecule has 136 valence electrons. The second-order valence-electron chi connectivity index (χ2n) is 7.06. The molecule has 0 bridgehead atoms. The molecule has 1 aliphatic heterocycles. The van der Waals surface area contributed by atoms with Gasteiger partial charge in [-0.25, -0.2) is 0 Å². The normalized spacial score (nSPS) is 15.6. The first-order valence-corrected chi connectivity index (χ1v) is 9.32. The molecule has 0 unspecified atom stereocenters. The molecule has 1 fully saturated rings. The van der Waals surface area contributed by atoms with Crippen LogP contribution >= 0.6 is 0 Å². The van der Waals surface area contributed by atoms with Crippen molar-refractivity contribution in [3.8, 4) is 11.5 Å². The van der Waals surface area contributed by atoms with Crippen LogP contribution in [-0.4, -0.2) is 35.0 Å². The van der Waals surface area contributed by atoms with Crippen LogP contribution in [0.2, 0.25) is 0 Å². The molecule has 0 radical (unpaired) electrons. The average molecular weight is 360 g/mol. The fraction of sp³-hybridized carbons (Fsp3) is 0.273. The minimum absolute atomic E-state index is 0.0302. The van der Waals surface area contributed by atoms with Crippen molar-refractivity contribution in [3.05, 3.63) is 65.9 Å². The lowest BCUT2D eigenvalue weighted by molar-refractivity contribution is 0.0728. The van der Waals surface area contributed by atoms with Crippen molar-refractivity contribution in [1.29, 1.82) is 0 Å². The van der Waals surface area contributed by atoms with Crippen LogP contribution in [0.1, 0.15) is 28.8 Å². The third-order valence-corrected chi connectivity index (χ3v) is 5.04. The Bertz CT molecular complexity index is 1010. The number of aromatic nitrogens is 1. The number of amides is 1. The van der Waals surface area contributed by atoms with E-state index in [1.54, 1.807) is 6.07 Å². The summed E-state index contributed by atoms with van der Waals surface area (Å²) in [5.74, 6) is 1.38. The van der Waals surface area contributed by atoms with E-state index in [-0.39, 0.29) is 5.91 Å². The van der Waals surface area contributed by atoms with Crippen molar-refractivity contribution in [2.45, 2.75) is 25.4 Å². The molecule has 0 N–H and O–H groups in total. The zero-order chi connectivity index (χ0) is 18.2. The predicted molar refractivity (Wildman–Crippen MR) is 102 cm³/mol. The summed E-state index contributed by atoms with van der Waals surface area (Å²) >= 11 is 0. The minimum atomic E-state index is 0.0302. The SMILES string of the molecule is O=C(c1ccc2c(c1)OCCO2)N(Cc1cnc2ccccc2c1)C1CC1. The summed E-state index contributed by atoms with van der Waals surface area (Å²) in [7, 11) is 0. The molecule has 2 heterocycles. The molecule has 1 aromatic heterocycles. The number of fused-ring (bicyclic) bond motifs is 2. The monoisotopic (exact) mass is 360 g/mol. The Morgan fingerprint density at radius 3 is 2.70 bits per heavy atom. The number of para-hydroxylation sites is 1. The molecular weight excluding hydrogens is 340 g/mol. The second kappa shape index (κ2) is 6.58. The third-order valence-electron chi connectivity index (χ3n) is 5.04. The number of carbonyl (C=O) groups excluding carboxylic acids is 1. The van der Waals surface area contributed by atoms with Crippen LogP contribution in [0.25, 0.3) is 10.9 Å². The molecule has 27 heavy (non-hydrogen) atoms. The smallest absolute Gasteiger partial charge is 0.254 e. The van der Waals surface area contributed by atoms with E-state index < -0.39 is 0 Å². The first-order chi connectivity index (χ1) is 13.3. The Kier molecular flexibility index (Phi) is 3.93. The molecule has 5 heteroatoms. The molecule has 1 aliphatic carbocycles. The molecule has 0 atom stereocenters. The van der Waals surface area contributed by atoms with Gasteiger partial charge in [0.25, 0.3) is 5.91 Å². The van der Waals surface area contributed by atoms with Gasteiger partial charge in [-0.05, 0) is 48.7 Å².